The smallest absolute Gasteiger partial charge is 0.234 e. The zero-order chi connectivity index (χ0) is 7.11. The summed E-state index contributed by atoms with van der Waals surface area (Å²) in [5.74, 6) is 0. The van der Waals surface area contributed by atoms with E-state index in [0.29, 0.717) is 0 Å². The van der Waals surface area contributed by atoms with Crippen molar-refractivity contribution in [3.8, 4) is 0 Å². The van der Waals surface area contributed by atoms with Crippen LogP contribution in [0, 0.1) is 0 Å². The van der Waals surface area contributed by atoms with Crippen LogP contribution >= 0.6 is 9.03 Å². The van der Waals surface area contributed by atoms with Crippen molar-refractivity contribution in [2.45, 2.75) is 6.42 Å². The van der Waals surface area contributed by atoms with Crippen LogP contribution in [0.25, 0.3) is 0 Å². The molecule has 0 aliphatic heterocycles. The summed E-state index contributed by atoms with van der Waals surface area (Å²) in [6, 6.07) is 0. The van der Waals surface area contributed by atoms with Gasteiger partial charge in [-0.05, 0) is 0 Å². The van der Waals surface area contributed by atoms with Gasteiger partial charge < -0.3 is 4.74 Å². The van der Waals surface area contributed by atoms with E-state index in [1.807, 2.05) is 0 Å². The highest BCUT2D eigenvalue weighted by Crippen LogP contribution is 1.85. The summed E-state index contributed by atoms with van der Waals surface area (Å²) >= 11 is 0. The molecule has 0 aromatic heterocycles. The minimum absolute atomic E-state index is 0.768. The van der Waals surface area contributed by atoms with Crippen LogP contribution in [-0.2, 0) is 9.57 Å². The predicted molar refractivity (Wildman–Crippen MR) is 36.9 cm³/mol. The van der Waals surface area contributed by atoms with Crippen LogP contribution in [0.15, 0.2) is 0 Å². The van der Waals surface area contributed by atoms with Crippen LogP contribution in [0.2, 0.25) is 0 Å². The van der Waals surface area contributed by atoms with Crippen LogP contribution in [0.1, 0.15) is 6.42 Å². The molecule has 9 heavy (non-hydrogen) atoms. The van der Waals surface area contributed by atoms with E-state index in [1.54, 1.807) is 18.7 Å². The highest BCUT2D eigenvalue weighted by Gasteiger charge is 1.96. The Morgan fingerprint density at radius 1 is 1.44 bits per heavy atom. The lowest BCUT2D eigenvalue weighted by Crippen LogP contribution is -2.07. The van der Waals surface area contributed by atoms with Crippen molar-refractivity contribution in [2.75, 3.05) is 27.4 Å². The SMILES string of the molecule is COCCC[N+](=P)OC. The molecule has 0 spiro atoms. The number of hydrogen-bond donors (Lipinski definition) is 0. The van der Waals surface area contributed by atoms with E-state index in [0.717, 1.165) is 19.6 Å². The zero-order valence-electron chi connectivity index (χ0n) is 5.89. The van der Waals surface area contributed by atoms with E-state index in [1.165, 1.54) is 0 Å². The standard InChI is InChI=1S/C5H13NO2P/c1-7-5-3-4-6(9)8-2/h9H,3-5H2,1-2H3/q+1. The molecule has 3 nitrogen and oxygen atoms in total. The molecule has 0 rings (SSSR count). The number of ether oxygens (including phenoxy) is 1. The molecular weight excluding hydrogens is 137 g/mol. The Hall–Kier alpha value is 0.0200. The second-order valence-electron chi connectivity index (χ2n) is 1.63. The molecule has 0 N–H and O–H groups in total. The second kappa shape index (κ2) is 6.14. The fourth-order valence-electron chi connectivity index (χ4n) is 0.444. The highest BCUT2D eigenvalue weighted by molar-refractivity contribution is 7.00. The van der Waals surface area contributed by atoms with Gasteiger partial charge in [-0.2, -0.15) is 0 Å². The van der Waals surface area contributed by atoms with Crippen molar-refractivity contribution >= 4 is 9.03 Å². The lowest BCUT2D eigenvalue weighted by atomic mass is 10.5. The highest BCUT2D eigenvalue weighted by atomic mass is 31.0. The molecule has 4 heteroatoms. The van der Waals surface area contributed by atoms with Gasteiger partial charge in [0.15, 0.2) is 6.54 Å². The van der Waals surface area contributed by atoms with Gasteiger partial charge in [-0.25, -0.2) is 0 Å². The molecule has 0 atom stereocenters. The number of methoxy groups -OCH3 is 1. The van der Waals surface area contributed by atoms with Gasteiger partial charge in [0.2, 0.25) is 9.03 Å². The third kappa shape index (κ3) is 5.90. The van der Waals surface area contributed by atoms with Crippen molar-refractivity contribution < 1.29 is 14.1 Å². The number of rotatable bonds is 5. The maximum Gasteiger partial charge on any atom is 0.234 e. The fourth-order valence-corrected chi connectivity index (χ4v) is 0.602. The maximum atomic E-state index is 4.83. The van der Waals surface area contributed by atoms with Gasteiger partial charge in [-0.15, -0.1) is 4.84 Å². The summed E-state index contributed by atoms with van der Waals surface area (Å²) in [5.41, 5.74) is 0. The van der Waals surface area contributed by atoms with Crippen LogP contribution < -0.4 is 0 Å². The average Bonchev–Trinajstić information content (AvgIpc) is 1.89. The average molecular weight is 150 g/mol. The molecule has 0 fully saturated rings. The van der Waals surface area contributed by atoms with E-state index >= 15 is 0 Å². The molecule has 0 amide bonds. The molecule has 0 aromatic rings. The van der Waals surface area contributed by atoms with Gasteiger partial charge >= 0.3 is 0 Å². The summed E-state index contributed by atoms with van der Waals surface area (Å²) in [7, 11) is 6.51. The first-order chi connectivity index (χ1) is 4.31. The van der Waals surface area contributed by atoms with Gasteiger partial charge in [0.25, 0.3) is 0 Å². The Labute approximate surface area is 57.8 Å². The van der Waals surface area contributed by atoms with Crippen molar-refractivity contribution in [3.63, 3.8) is 0 Å². The van der Waals surface area contributed by atoms with E-state index in [2.05, 4.69) is 9.03 Å². The van der Waals surface area contributed by atoms with E-state index in [4.69, 9.17) is 9.57 Å². The Kier molecular flexibility index (Phi) is 6.16. The predicted octanol–water partition coefficient (Wildman–Crippen LogP) is 0.923. The Morgan fingerprint density at radius 2 is 2.11 bits per heavy atom. The molecule has 0 aliphatic rings. The first kappa shape index (κ1) is 9.02. The van der Waals surface area contributed by atoms with Crippen LogP contribution in [0.5, 0.6) is 0 Å². The van der Waals surface area contributed by atoms with Crippen molar-refractivity contribution in [2.24, 2.45) is 0 Å². The Morgan fingerprint density at radius 3 is 2.56 bits per heavy atom. The first-order valence-electron chi connectivity index (χ1n) is 2.83. The summed E-state index contributed by atoms with van der Waals surface area (Å²) in [6.07, 6.45) is 0.966. The molecule has 0 bridgehead atoms. The van der Waals surface area contributed by atoms with Gasteiger partial charge in [0.1, 0.15) is 7.11 Å². The Bertz CT molecular complexity index is 87.0. The minimum atomic E-state index is 0.768. The molecule has 0 saturated heterocycles. The fraction of sp³-hybridized carbons (Fsp3) is 1.00. The van der Waals surface area contributed by atoms with Crippen molar-refractivity contribution in [1.29, 1.82) is 0 Å². The summed E-state index contributed by atoms with van der Waals surface area (Å²) < 4.78 is 6.42. The van der Waals surface area contributed by atoms with E-state index in [-0.39, 0.29) is 0 Å². The second-order valence-corrected chi connectivity index (χ2v) is 2.13. The first-order valence-corrected chi connectivity index (χ1v) is 3.27. The van der Waals surface area contributed by atoms with Crippen LogP contribution in [0.4, 0.5) is 0 Å². The molecule has 0 aliphatic carbocycles. The van der Waals surface area contributed by atoms with E-state index in [9.17, 15) is 0 Å². The third-order valence-corrected chi connectivity index (χ3v) is 1.34. The molecule has 0 aromatic carbocycles. The van der Waals surface area contributed by atoms with Crippen LogP contribution in [0.3, 0.4) is 0 Å². The van der Waals surface area contributed by atoms with Gasteiger partial charge in [0.05, 0.1) is 6.61 Å². The molecule has 0 saturated carbocycles. The molecule has 0 radical (unpaired) electrons. The maximum absolute atomic E-state index is 4.83. The monoisotopic (exact) mass is 150 g/mol. The van der Waals surface area contributed by atoms with Gasteiger partial charge in [0, 0.05) is 13.5 Å². The summed E-state index contributed by atoms with van der Waals surface area (Å²) in [4.78, 5) is 4.79. The largest absolute Gasteiger partial charge is 0.384 e. The Balaban J connectivity index is 2.97. The van der Waals surface area contributed by atoms with Gasteiger partial charge in [-0.3, -0.25) is 0 Å². The summed E-state index contributed by atoms with van der Waals surface area (Å²) in [5, 5.41) is 0. The molecule has 0 heterocycles. The van der Waals surface area contributed by atoms with E-state index < -0.39 is 0 Å². The van der Waals surface area contributed by atoms with Crippen molar-refractivity contribution in [1.82, 2.24) is 0 Å². The molecular formula is C5H13NO2P+. The van der Waals surface area contributed by atoms with Crippen LogP contribution in [-0.4, -0.2) is 31.9 Å². The van der Waals surface area contributed by atoms with Crippen molar-refractivity contribution in [3.05, 3.63) is 0 Å². The lowest BCUT2D eigenvalue weighted by Gasteiger charge is -1.93. The molecule has 54 valence electrons. The van der Waals surface area contributed by atoms with Gasteiger partial charge in [-0.1, -0.05) is 4.49 Å². The quantitative estimate of drug-likeness (QED) is 0.330. The minimum Gasteiger partial charge on any atom is -0.384 e. The summed E-state index contributed by atoms with van der Waals surface area (Å²) in [6.45, 7) is 1.60. The number of hydroxylamine groups is 1. The normalized spacial score (nSPS) is 9.56. The topological polar surface area (TPSA) is 21.5 Å². The number of hydrogen-bond acceptors (Lipinski definition) is 2. The zero-order valence-corrected chi connectivity index (χ0v) is 6.89. The lowest BCUT2D eigenvalue weighted by molar-refractivity contribution is -0.760. The molecule has 0 unspecified atom stereocenters. The third-order valence-electron chi connectivity index (χ3n) is 0.930. The number of nitrogens with zero attached hydrogens (tertiary/aromatic N) is 1.